The fraction of sp³-hybridized carbons (Fsp3) is 0.909. The van der Waals surface area contributed by atoms with Gasteiger partial charge in [-0.2, -0.15) is 0 Å². The zero-order chi connectivity index (χ0) is 9.84. The monoisotopic (exact) mass is 183 g/mol. The van der Waals surface area contributed by atoms with Crippen LogP contribution in [0, 0.1) is 11.8 Å². The lowest BCUT2D eigenvalue weighted by Crippen LogP contribution is -2.42. The number of carbonyl (C=O) groups excluding carboxylic acids is 1. The summed E-state index contributed by atoms with van der Waals surface area (Å²) in [5, 5.41) is 3.07. The van der Waals surface area contributed by atoms with Crippen LogP contribution >= 0.6 is 0 Å². The third kappa shape index (κ3) is 3.02. The number of nitrogens with one attached hydrogen (secondary N) is 1. The maximum Gasteiger partial charge on any atom is 0.217 e. The van der Waals surface area contributed by atoms with E-state index in [1.807, 2.05) is 0 Å². The molecule has 0 aromatic heterocycles. The van der Waals surface area contributed by atoms with Gasteiger partial charge in [-0.05, 0) is 24.7 Å². The molecule has 1 N–H and O–H groups in total. The molecule has 1 aliphatic rings. The largest absolute Gasteiger partial charge is 0.353 e. The quantitative estimate of drug-likeness (QED) is 0.699. The van der Waals surface area contributed by atoms with Crippen molar-refractivity contribution in [1.29, 1.82) is 0 Å². The van der Waals surface area contributed by atoms with Gasteiger partial charge in [0.1, 0.15) is 0 Å². The summed E-state index contributed by atoms with van der Waals surface area (Å²) in [7, 11) is 0. The number of hydrogen-bond donors (Lipinski definition) is 1. The van der Waals surface area contributed by atoms with Gasteiger partial charge in [0, 0.05) is 13.0 Å². The van der Waals surface area contributed by atoms with Crippen LogP contribution in [0.25, 0.3) is 0 Å². The van der Waals surface area contributed by atoms with Crippen molar-refractivity contribution in [2.75, 3.05) is 0 Å². The van der Waals surface area contributed by atoms with Crippen molar-refractivity contribution in [3.8, 4) is 0 Å². The molecule has 1 amide bonds. The van der Waals surface area contributed by atoms with Crippen LogP contribution in [0.3, 0.4) is 0 Å². The second kappa shape index (κ2) is 4.64. The van der Waals surface area contributed by atoms with Crippen molar-refractivity contribution >= 4 is 5.91 Å². The van der Waals surface area contributed by atoms with E-state index in [0.29, 0.717) is 17.9 Å². The highest BCUT2D eigenvalue weighted by molar-refractivity contribution is 5.73. The fourth-order valence-electron chi connectivity index (χ4n) is 2.40. The van der Waals surface area contributed by atoms with Gasteiger partial charge >= 0.3 is 0 Å². The van der Waals surface area contributed by atoms with E-state index in [1.54, 1.807) is 6.92 Å². The molecule has 0 bridgehead atoms. The third-order valence-corrected chi connectivity index (χ3v) is 3.06. The van der Waals surface area contributed by atoms with Crippen LogP contribution in [0.4, 0.5) is 0 Å². The average molecular weight is 183 g/mol. The molecular weight excluding hydrogens is 162 g/mol. The first-order valence-electron chi connectivity index (χ1n) is 5.38. The zero-order valence-electron chi connectivity index (χ0n) is 8.97. The van der Waals surface area contributed by atoms with Gasteiger partial charge in [-0.15, -0.1) is 0 Å². The maximum atomic E-state index is 11.0. The van der Waals surface area contributed by atoms with Gasteiger partial charge in [-0.25, -0.2) is 0 Å². The molecule has 0 aromatic carbocycles. The summed E-state index contributed by atoms with van der Waals surface area (Å²) in [5.74, 6) is 1.51. The number of rotatable bonds is 2. The van der Waals surface area contributed by atoms with E-state index < -0.39 is 0 Å². The highest BCUT2D eigenvalue weighted by Gasteiger charge is 2.27. The fourth-order valence-corrected chi connectivity index (χ4v) is 2.40. The van der Waals surface area contributed by atoms with Gasteiger partial charge in [0.05, 0.1) is 0 Å². The first-order valence-corrected chi connectivity index (χ1v) is 5.38. The average Bonchev–Trinajstić information content (AvgIpc) is 2.03. The molecule has 0 aliphatic heterocycles. The van der Waals surface area contributed by atoms with Crippen LogP contribution in [0.2, 0.25) is 0 Å². The Morgan fingerprint density at radius 3 is 2.46 bits per heavy atom. The van der Waals surface area contributed by atoms with E-state index in [4.69, 9.17) is 0 Å². The summed E-state index contributed by atoms with van der Waals surface area (Å²) < 4.78 is 0. The van der Waals surface area contributed by atoms with Crippen molar-refractivity contribution in [2.45, 2.75) is 52.5 Å². The van der Waals surface area contributed by atoms with Crippen molar-refractivity contribution < 1.29 is 4.79 Å². The number of amides is 1. The van der Waals surface area contributed by atoms with Crippen LogP contribution in [0.5, 0.6) is 0 Å². The molecule has 1 aliphatic carbocycles. The minimum absolute atomic E-state index is 0.123. The Kier molecular flexibility index (Phi) is 3.76. The van der Waals surface area contributed by atoms with Gasteiger partial charge < -0.3 is 5.32 Å². The first kappa shape index (κ1) is 10.6. The van der Waals surface area contributed by atoms with E-state index in [1.165, 1.54) is 25.7 Å². The molecule has 1 fully saturated rings. The lowest BCUT2D eigenvalue weighted by atomic mass is 9.78. The normalized spacial score (nSPS) is 28.9. The molecule has 2 atom stereocenters. The van der Waals surface area contributed by atoms with E-state index in [-0.39, 0.29) is 5.91 Å². The molecule has 0 radical (unpaired) electrons. The Balaban J connectivity index is 2.51. The Hall–Kier alpha value is -0.530. The molecule has 2 heteroatoms. The van der Waals surface area contributed by atoms with Crippen molar-refractivity contribution in [3.63, 3.8) is 0 Å². The standard InChI is InChI=1S/C11H21NO/c1-8(2)10-6-4-5-7-11(10)12-9(3)13/h8,10-11H,4-7H2,1-3H3,(H,12,13). The molecular formula is C11H21NO. The Labute approximate surface area is 81.1 Å². The van der Waals surface area contributed by atoms with Crippen LogP contribution in [0.1, 0.15) is 46.5 Å². The second-order valence-electron chi connectivity index (χ2n) is 4.50. The second-order valence-corrected chi connectivity index (χ2v) is 4.50. The lowest BCUT2D eigenvalue weighted by molar-refractivity contribution is -0.120. The maximum absolute atomic E-state index is 11.0. The van der Waals surface area contributed by atoms with Gasteiger partial charge in [-0.1, -0.05) is 26.7 Å². The summed E-state index contributed by atoms with van der Waals surface area (Å²) in [6.07, 6.45) is 5.05. The molecule has 0 aromatic rings. The molecule has 0 spiro atoms. The molecule has 0 saturated heterocycles. The van der Waals surface area contributed by atoms with Gasteiger partial charge in [0.2, 0.25) is 5.91 Å². The van der Waals surface area contributed by atoms with E-state index in [9.17, 15) is 4.79 Å². The Bertz CT molecular complexity index is 177. The molecule has 1 rings (SSSR count). The summed E-state index contributed by atoms with van der Waals surface area (Å²) in [6.45, 7) is 6.13. The van der Waals surface area contributed by atoms with Crippen molar-refractivity contribution in [3.05, 3.63) is 0 Å². The van der Waals surface area contributed by atoms with Gasteiger partial charge in [-0.3, -0.25) is 4.79 Å². The predicted octanol–water partition coefficient (Wildman–Crippen LogP) is 2.34. The third-order valence-electron chi connectivity index (χ3n) is 3.06. The number of carbonyl (C=O) groups is 1. The molecule has 76 valence electrons. The molecule has 2 unspecified atom stereocenters. The minimum Gasteiger partial charge on any atom is -0.353 e. The molecule has 13 heavy (non-hydrogen) atoms. The van der Waals surface area contributed by atoms with Crippen LogP contribution in [-0.2, 0) is 4.79 Å². The molecule has 2 nitrogen and oxygen atoms in total. The van der Waals surface area contributed by atoms with E-state index in [2.05, 4.69) is 19.2 Å². The number of hydrogen-bond acceptors (Lipinski definition) is 1. The summed E-state index contributed by atoms with van der Waals surface area (Å²) >= 11 is 0. The molecule has 0 heterocycles. The summed E-state index contributed by atoms with van der Waals surface area (Å²) in [5.41, 5.74) is 0. The van der Waals surface area contributed by atoms with Crippen LogP contribution in [-0.4, -0.2) is 11.9 Å². The lowest BCUT2D eigenvalue weighted by Gasteiger charge is -2.34. The van der Waals surface area contributed by atoms with Gasteiger partial charge in [0.25, 0.3) is 0 Å². The van der Waals surface area contributed by atoms with E-state index in [0.717, 1.165) is 0 Å². The summed E-state index contributed by atoms with van der Waals surface area (Å²) in [4.78, 5) is 11.0. The van der Waals surface area contributed by atoms with Gasteiger partial charge in [0.15, 0.2) is 0 Å². The zero-order valence-corrected chi connectivity index (χ0v) is 8.97. The highest BCUT2D eigenvalue weighted by Crippen LogP contribution is 2.29. The van der Waals surface area contributed by atoms with Crippen molar-refractivity contribution in [2.24, 2.45) is 11.8 Å². The first-order chi connectivity index (χ1) is 6.11. The Morgan fingerprint density at radius 1 is 1.31 bits per heavy atom. The van der Waals surface area contributed by atoms with Crippen LogP contribution < -0.4 is 5.32 Å². The smallest absolute Gasteiger partial charge is 0.217 e. The minimum atomic E-state index is 0.123. The van der Waals surface area contributed by atoms with Crippen LogP contribution in [0.15, 0.2) is 0 Å². The summed E-state index contributed by atoms with van der Waals surface area (Å²) in [6, 6.07) is 0.436. The highest BCUT2D eigenvalue weighted by atomic mass is 16.1. The van der Waals surface area contributed by atoms with E-state index >= 15 is 0 Å². The molecule has 1 saturated carbocycles. The topological polar surface area (TPSA) is 29.1 Å². The Morgan fingerprint density at radius 2 is 1.92 bits per heavy atom. The van der Waals surface area contributed by atoms with Crippen molar-refractivity contribution in [1.82, 2.24) is 5.32 Å². The SMILES string of the molecule is CC(=O)NC1CCCCC1C(C)C. The predicted molar refractivity (Wildman–Crippen MR) is 54.4 cm³/mol.